The van der Waals surface area contributed by atoms with E-state index in [9.17, 15) is 19.8 Å². The van der Waals surface area contributed by atoms with E-state index in [1.165, 1.54) is 109 Å². The number of unbranched alkanes of at least 4 members (excludes halogenated alkanes) is 26. The first-order valence-electron chi connectivity index (χ1n) is 26.9. The van der Waals surface area contributed by atoms with Gasteiger partial charge >= 0.3 is 5.97 Å². The average molecular weight is 892 g/mol. The van der Waals surface area contributed by atoms with Gasteiger partial charge in [0.15, 0.2) is 0 Å². The Morgan fingerprint density at radius 1 is 0.469 bits per heavy atom. The summed E-state index contributed by atoms with van der Waals surface area (Å²) < 4.78 is 5.91. The van der Waals surface area contributed by atoms with Crippen LogP contribution in [0.1, 0.15) is 245 Å². The summed E-state index contributed by atoms with van der Waals surface area (Å²) in [4.78, 5) is 26.2. The highest BCUT2D eigenvalue weighted by Gasteiger charge is 2.24. The topological polar surface area (TPSA) is 95.9 Å². The number of rotatable bonds is 47. The highest BCUT2D eigenvalue weighted by Crippen LogP contribution is 2.18. The van der Waals surface area contributed by atoms with Gasteiger partial charge in [-0.2, -0.15) is 0 Å². The number of nitrogens with one attached hydrogen (secondary N) is 1. The average Bonchev–Trinajstić information content (AvgIpc) is 3.29. The molecule has 3 N–H and O–H groups in total. The maximum absolute atomic E-state index is 13.2. The van der Waals surface area contributed by atoms with E-state index in [1.54, 1.807) is 0 Å². The molecule has 0 aliphatic heterocycles. The molecular formula is C58H101NO5. The van der Waals surface area contributed by atoms with Crippen LogP contribution in [0.4, 0.5) is 0 Å². The van der Waals surface area contributed by atoms with E-state index in [0.717, 1.165) is 89.9 Å². The lowest BCUT2D eigenvalue weighted by Crippen LogP contribution is -2.46. The van der Waals surface area contributed by atoms with Crippen molar-refractivity contribution in [2.75, 3.05) is 6.61 Å². The Kier molecular flexibility index (Phi) is 48.7. The molecule has 0 aromatic carbocycles. The van der Waals surface area contributed by atoms with Gasteiger partial charge in [0, 0.05) is 6.42 Å². The normalized spacial score (nSPS) is 13.9. The molecule has 0 saturated heterocycles. The molecule has 0 rings (SSSR count). The van der Waals surface area contributed by atoms with Crippen molar-refractivity contribution in [3.05, 3.63) is 85.1 Å². The predicted molar refractivity (Wildman–Crippen MR) is 278 cm³/mol. The van der Waals surface area contributed by atoms with E-state index in [2.05, 4.69) is 68.6 Å². The number of allylic oxidation sites excluding steroid dienone is 14. The number of carbonyl (C=O) groups is 2. The van der Waals surface area contributed by atoms with Crippen molar-refractivity contribution in [2.24, 2.45) is 0 Å². The third-order valence-corrected chi connectivity index (χ3v) is 11.9. The molecule has 0 bridgehead atoms. The Morgan fingerprint density at radius 2 is 0.844 bits per heavy atom. The standard InChI is InChI=1S/C58H101NO5/c1-4-7-10-13-16-19-22-25-27-28-30-32-35-38-41-44-47-50-56(61)55(53-60)59-57(62)52-54(49-46-43-40-37-34-31-24-21-18-15-12-9-6-3)64-58(63)51-48-45-42-39-36-33-29-26-23-20-17-14-11-8-5-2/h8,11,14,17-18,20-21,23-24,26,29,31,33,36,54-56,60-61H,4-7,9-10,12-13,15-16,19,22,25,27-28,30,32,34-35,37-53H2,1-3H3,(H,59,62)/b11-8+,17-14+,21-18+,23-20-,29-26-,31-24+,36-33+. The minimum absolute atomic E-state index is 0.0428. The number of hydrogen-bond donors (Lipinski definition) is 3. The highest BCUT2D eigenvalue weighted by atomic mass is 16.5. The first kappa shape index (κ1) is 61.0. The molecule has 3 atom stereocenters. The number of amides is 1. The smallest absolute Gasteiger partial charge is 0.306 e. The van der Waals surface area contributed by atoms with Crippen molar-refractivity contribution >= 4 is 11.9 Å². The Bertz CT molecular complexity index is 1230. The summed E-state index contributed by atoms with van der Waals surface area (Å²) in [7, 11) is 0. The third-order valence-electron chi connectivity index (χ3n) is 11.9. The van der Waals surface area contributed by atoms with Crippen LogP contribution in [0.15, 0.2) is 85.1 Å². The summed E-state index contributed by atoms with van der Waals surface area (Å²) in [5.74, 6) is -0.546. The van der Waals surface area contributed by atoms with Crippen LogP contribution in [0.5, 0.6) is 0 Å². The largest absolute Gasteiger partial charge is 0.462 e. The maximum atomic E-state index is 13.2. The zero-order valence-corrected chi connectivity index (χ0v) is 41.9. The van der Waals surface area contributed by atoms with Crippen LogP contribution in [0.25, 0.3) is 0 Å². The van der Waals surface area contributed by atoms with Gasteiger partial charge in [-0.05, 0) is 70.6 Å². The highest BCUT2D eigenvalue weighted by molar-refractivity contribution is 5.77. The molecule has 0 spiro atoms. The van der Waals surface area contributed by atoms with Crippen LogP contribution in [0.3, 0.4) is 0 Å². The molecule has 0 aliphatic rings. The number of aliphatic hydroxyl groups is 2. The Balaban J connectivity index is 4.62. The molecule has 0 heterocycles. The fraction of sp³-hybridized carbons (Fsp3) is 0.724. The van der Waals surface area contributed by atoms with Crippen LogP contribution in [-0.4, -0.2) is 46.9 Å². The van der Waals surface area contributed by atoms with Gasteiger partial charge in [0.1, 0.15) is 6.10 Å². The Hall–Kier alpha value is -2.96. The predicted octanol–water partition coefficient (Wildman–Crippen LogP) is 16.3. The molecule has 0 aromatic heterocycles. The molecule has 368 valence electrons. The molecule has 6 nitrogen and oxygen atoms in total. The maximum Gasteiger partial charge on any atom is 0.306 e. The third kappa shape index (κ3) is 45.6. The lowest BCUT2D eigenvalue weighted by molar-refractivity contribution is -0.151. The lowest BCUT2D eigenvalue weighted by Gasteiger charge is -2.24. The minimum Gasteiger partial charge on any atom is -0.462 e. The number of carbonyl (C=O) groups excluding carboxylic acids is 2. The zero-order valence-electron chi connectivity index (χ0n) is 41.9. The molecular weight excluding hydrogens is 791 g/mol. The quantitative estimate of drug-likeness (QED) is 0.0321. The molecule has 0 aliphatic carbocycles. The SMILES string of the molecule is CC/C=C/C=C/C=C\C=C/C=C/CCCCCC(=O)OC(CCCCCC/C=C/C=C/CCCCC)CC(=O)NC(CO)C(O)CCCCCCCCCCCCCCCCCCC. The van der Waals surface area contributed by atoms with Gasteiger partial charge in [-0.1, -0.05) is 247 Å². The van der Waals surface area contributed by atoms with Crippen LogP contribution < -0.4 is 5.32 Å². The van der Waals surface area contributed by atoms with Crippen LogP contribution in [0, 0.1) is 0 Å². The van der Waals surface area contributed by atoms with Gasteiger partial charge in [-0.25, -0.2) is 0 Å². The van der Waals surface area contributed by atoms with Crippen molar-refractivity contribution in [3.8, 4) is 0 Å². The molecule has 6 heteroatoms. The van der Waals surface area contributed by atoms with Crippen LogP contribution in [-0.2, 0) is 14.3 Å². The molecule has 1 amide bonds. The molecule has 3 unspecified atom stereocenters. The summed E-state index contributed by atoms with van der Waals surface area (Å²) >= 11 is 0. The molecule has 64 heavy (non-hydrogen) atoms. The second kappa shape index (κ2) is 51.0. The second-order valence-corrected chi connectivity index (χ2v) is 18.0. The van der Waals surface area contributed by atoms with E-state index in [4.69, 9.17) is 4.74 Å². The molecule has 0 fully saturated rings. The molecule has 0 radical (unpaired) electrons. The fourth-order valence-corrected chi connectivity index (χ4v) is 7.80. The first-order valence-corrected chi connectivity index (χ1v) is 26.9. The van der Waals surface area contributed by atoms with E-state index in [-0.39, 0.29) is 24.9 Å². The van der Waals surface area contributed by atoms with Crippen molar-refractivity contribution in [1.29, 1.82) is 0 Å². The van der Waals surface area contributed by atoms with Crippen molar-refractivity contribution in [2.45, 2.75) is 264 Å². The fourth-order valence-electron chi connectivity index (χ4n) is 7.80. The van der Waals surface area contributed by atoms with Gasteiger partial charge in [0.05, 0.1) is 25.2 Å². The van der Waals surface area contributed by atoms with Crippen molar-refractivity contribution in [1.82, 2.24) is 5.32 Å². The van der Waals surface area contributed by atoms with Gasteiger partial charge in [-0.15, -0.1) is 0 Å². The van der Waals surface area contributed by atoms with E-state index in [0.29, 0.717) is 19.3 Å². The van der Waals surface area contributed by atoms with Gasteiger partial charge in [0.2, 0.25) is 5.91 Å². The Labute approximate surface area is 395 Å². The first-order chi connectivity index (χ1) is 31.5. The van der Waals surface area contributed by atoms with E-state index >= 15 is 0 Å². The van der Waals surface area contributed by atoms with Gasteiger partial charge in [0.25, 0.3) is 0 Å². The Morgan fingerprint density at radius 3 is 1.33 bits per heavy atom. The zero-order chi connectivity index (χ0) is 46.7. The van der Waals surface area contributed by atoms with E-state index in [1.807, 2.05) is 42.5 Å². The number of hydrogen-bond acceptors (Lipinski definition) is 5. The van der Waals surface area contributed by atoms with Crippen LogP contribution >= 0.6 is 0 Å². The monoisotopic (exact) mass is 892 g/mol. The summed E-state index contributed by atoms with van der Waals surface area (Å²) in [6.07, 6.45) is 66.4. The minimum atomic E-state index is -0.806. The number of esters is 1. The number of ether oxygens (including phenoxy) is 1. The summed E-state index contributed by atoms with van der Waals surface area (Å²) in [6, 6.07) is -0.722. The lowest BCUT2D eigenvalue weighted by atomic mass is 10.0. The molecule has 0 saturated carbocycles. The number of aliphatic hydroxyl groups excluding tert-OH is 2. The summed E-state index contributed by atoms with van der Waals surface area (Å²) in [5.41, 5.74) is 0. The van der Waals surface area contributed by atoms with Gasteiger partial charge < -0.3 is 20.3 Å². The second-order valence-electron chi connectivity index (χ2n) is 18.0. The molecule has 0 aromatic rings. The van der Waals surface area contributed by atoms with Crippen molar-refractivity contribution < 1.29 is 24.5 Å². The summed E-state index contributed by atoms with van der Waals surface area (Å²) in [6.45, 7) is 6.30. The van der Waals surface area contributed by atoms with E-state index < -0.39 is 18.2 Å². The van der Waals surface area contributed by atoms with Crippen LogP contribution in [0.2, 0.25) is 0 Å². The van der Waals surface area contributed by atoms with Gasteiger partial charge in [-0.3, -0.25) is 9.59 Å². The van der Waals surface area contributed by atoms with Crippen molar-refractivity contribution in [3.63, 3.8) is 0 Å². The summed E-state index contributed by atoms with van der Waals surface area (Å²) in [5, 5.41) is 23.8.